The first-order valence-electron chi connectivity index (χ1n) is 10.8. The van der Waals surface area contributed by atoms with Crippen molar-refractivity contribution in [3.05, 3.63) is 47.5 Å². The Balaban J connectivity index is 2.06. The monoisotopic (exact) mass is 497 g/mol. The van der Waals surface area contributed by atoms with Crippen molar-refractivity contribution in [3.63, 3.8) is 0 Å². The van der Waals surface area contributed by atoms with Crippen LogP contribution in [0.25, 0.3) is 0 Å². The van der Waals surface area contributed by atoms with Crippen LogP contribution in [-0.2, 0) is 0 Å². The number of hydrogen-bond acceptors (Lipinski definition) is 9. The van der Waals surface area contributed by atoms with E-state index in [-0.39, 0.29) is 34.9 Å². The number of carbonyl (C=O) groups excluding carboxylic acids is 1. The lowest BCUT2D eigenvalue weighted by Crippen LogP contribution is -2.15. The summed E-state index contributed by atoms with van der Waals surface area (Å²) in [6.45, 7) is 3.80. The highest BCUT2D eigenvalue weighted by molar-refractivity contribution is 5.96. The van der Waals surface area contributed by atoms with E-state index in [0.717, 1.165) is 0 Å². The van der Waals surface area contributed by atoms with Gasteiger partial charge in [0.1, 0.15) is 35.1 Å². The van der Waals surface area contributed by atoms with Gasteiger partial charge in [-0.3, -0.25) is 4.79 Å². The molecule has 11 heteroatoms. The molecule has 0 heterocycles. The van der Waals surface area contributed by atoms with E-state index in [4.69, 9.17) is 31.8 Å². The standard InChI is InChI=1S/C25H31N5O6/c1-25(2,34)7-6-10-36-20-13-15(23(28)31)11-17(26)22(20)30-9-5-4-8-29-21-18(27)12-16(24(32)33)14-19(21)35-3/h4-5,11-14,29-30,34H,8-10,26-27H2,1-3H3,(H2,28,31)(H,32,33)/b5-4+. The number of amides is 1. The molecule has 0 aromatic heterocycles. The fourth-order valence-corrected chi connectivity index (χ4v) is 3.05. The van der Waals surface area contributed by atoms with Gasteiger partial charge in [-0.25, -0.2) is 4.79 Å². The van der Waals surface area contributed by atoms with Crippen LogP contribution < -0.4 is 37.3 Å². The van der Waals surface area contributed by atoms with Crippen LogP contribution in [-0.4, -0.2) is 54.5 Å². The van der Waals surface area contributed by atoms with Crippen LogP contribution in [0.4, 0.5) is 22.7 Å². The molecule has 0 fully saturated rings. The number of carboxylic acids is 1. The SMILES string of the molecule is COc1cc(C(=O)O)cc(N)c1NC/C=C/CNc1c(N)cc(C(N)=O)cc1OCC#CC(C)(C)O. The number of ether oxygens (including phenoxy) is 2. The average Bonchev–Trinajstić information content (AvgIpc) is 2.79. The molecule has 1 amide bonds. The number of aliphatic hydroxyl groups is 1. The second-order valence-electron chi connectivity index (χ2n) is 8.13. The number of carbonyl (C=O) groups is 2. The number of methoxy groups -OCH3 is 1. The molecule has 0 bridgehead atoms. The summed E-state index contributed by atoms with van der Waals surface area (Å²) in [7, 11) is 1.43. The normalized spacial score (nSPS) is 10.9. The fourth-order valence-electron chi connectivity index (χ4n) is 3.05. The van der Waals surface area contributed by atoms with Crippen molar-refractivity contribution in [2.75, 3.05) is 48.9 Å². The van der Waals surface area contributed by atoms with Crippen LogP contribution in [0.5, 0.6) is 11.5 Å². The Hall–Kier alpha value is -4.56. The van der Waals surface area contributed by atoms with E-state index in [1.54, 1.807) is 13.8 Å². The molecular weight excluding hydrogens is 466 g/mol. The lowest BCUT2D eigenvalue weighted by molar-refractivity contribution is 0.0696. The summed E-state index contributed by atoms with van der Waals surface area (Å²) in [5.74, 6) is 4.19. The Kier molecular flexibility index (Phi) is 9.41. The quantitative estimate of drug-likeness (QED) is 0.137. The van der Waals surface area contributed by atoms with Crippen molar-refractivity contribution in [1.82, 2.24) is 0 Å². The largest absolute Gasteiger partial charge is 0.494 e. The number of aromatic carboxylic acids is 1. The summed E-state index contributed by atoms with van der Waals surface area (Å²) >= 11 is 0. The molecule has 2 aromatic rings. The van der Waals surface area contributed by atoms with Gasteiger partial charge in [0.05, 0.1) is 24.0 Å². The van der Waals surface area contributed by atoms with Crippen molar-refractivity contribution < 1.29 is 29.3 Å². The molecule has 0 spiro atoms. The molecular formula is C25H31N5O6. The van der Waals surface area contributed by atoms with Gasteiger partial charge in [-0.2, -0.15) is 0 Å². The molecule has 0 saturated carbocycles. The third-order valence-electron chi connectivity index (χ3n) is 4.67. The van der Waals surface area contributed by atoms with Gasteiger partial charge in [-0.1, -0.05) is 24.0 Å². The smallest absolute Gasteiger partial charge is 0.335 e. The predicted molar refractivity (Wildman–Crippen MR) is 139 cm³/mol. The first-order chi connectivity index (χ1) is 16.9. The van der Waals surface area contributed by atoms with Crippen LogP contribution in [0.2, 0.25) is 0 Å². The Morgan fingerprint density at radius 3 is 2.03 bits per heavy atom. The summed E-state index contributed by atoms with van der Waals surface area (Å²) in [4.78, 5) is 22.8. The lowest BCUT2D eigenvalue weighted by Gasteiger charge is -2.15. The molecule has 0 radical (unpaired) electrons. The van der Waals surface area contributed by atoms with E-state index < -0.39 is 17.5 Å². The zero-order valence-corrected chi connectivity index (χ0v) is 20.3. The Bertz CT molecular complexity index is 1210. The Labute approximate surface area is 209 Å². The lowest BCUT2D eigenvalue weighted by atomic mass is 10.1. The average molecular weight is 498 g/mol. The molecule has 2 rings (SSSR count). The van der Waals surface area contributed by atoms with Gasteiger partial charge in [0, 0.05) is 18.7 Å². The first kappa shape index (κ1) is 27.7. The molecule has 10 N–H and O–H groups in total. The minimum atomic E-state index is -1.16. The molecule has 192 valence electrons. The van der Waals surface area contributed by atoms with Gasteiger partial charge >= 0.3 is 5.97 Å². The summed E-state index contributed by atoms with van der Waals surface area (Å²) in [5, 5.41) is 25.1. The summed E-state index contributed by atoms with van der Waals surface area (Å²) in [6.07, 6.45) is 3.64. The van der Waals surface area contributed by atoms with E-state index in [9.17, 15) is 14.7 Å². The number of benzene rings is 2. The molecule has 0 unspecified atom stereocenters. The molecule has 36 heavy (non-hydrogen) atoms. The van der Waals surface area contributed by atoms with E-state index in [1.165, 1.54) is 31.4 Å². The summed E-state index contributed by atoms with van der Waals surface area (Å²) < 4.78 is 10.9. The van der Waals surface area contributed by atoms with Gasteiger partial charge in [0.25, 0.3) is 0 Å². The van der Waals surface area contributed by atoms with Crippen LogP contribution in [0.15, 0.2) is 36.4 Å². The first-order valence-corrected chi connectivity index (χ1v) is 10.8. The van der Waals surface area contributed by atoms with Crippen LogP contribution >= 0.6 is 0 Å². The van der Waals surface area contributed by atoms with Gasteiger partial charge in [-0.15, -0.1) is 0 Å². The second-order valence-corrected chi connectivity index (χ2v) is 8.13. The van der Waals surface area contributed by atoms with Crippen LogP contribution in [0, 0.1) is 11.8 Å². The summed E-state index contributed by atoms with van der Waals surface area (Å²) in [5.41, 5.74) is 17.9. The fraction of sp³-hybridized carbons (Fsp3) is 0.280. The van der Waals surface area contributed by atoms with Crippen molar-refractivity contribution in [2.45, 2.75) is 19.4 Å². The number of nitrogens with one attached hydrogen (secondary N) is 2. The number of nitrogen functional groups attached to an aromatic ring is 2. The maximum Gasteiger partial charge on any atom is 0.335 e. The summed E-state index contributed by atoms with van der Waals surface area (Å²) in [6, 6.07) is 5.65. The van der Waals surface area contributed by atoms with Crippen LogP contribution in [0.1, 0.15) is 34.6 Å². The molecule has 0 aliphatic carbocycles. The van der Waals surface area contributed by atoms with E-state index in [1.807, 2.05) is 12.2 Å². The second kappa shape index (κ2) is 12.2. The minimum Gasteiger partial charge on any atom is -0.494 e. The molecule has 2 aromatic carbocycles. The number of primary amides is 1. The van der Waals surface area contributed by atoms with Crippen molar-refractivity contribution in [3.8, 4) is 23.3 Å². The molecule has 11 nitrogen and oxygen atoms in total. The van der Waals surface area contributed by atoms with E-state index in [0.29, 0.717) is 30.2 Å². The van der Waals surface area contributed by atoms with Gasteiger partial charge in [0.15, 0.2) is 0 Å². The highest BCUT2D eigenvalue weighted by atomic mass is 16.5. The topological polar surface area (TPSA) is 195 Å². The third kappa shape index (κ3) is 8.03. The van der Waals surface area contributed by atoms with Gasteiger partial charge in [0.2, 0.25) is 5.91 Å². The highest BCUT2D eigenvalue weighted by Gasteiger charge is 2.14. The maximum absolute atomic E-state index is 11.6. The van der Waals surface area contributed by atoms with Crippen molar-refractivity contribution in [2.24, 2.45) is 5.73 Å². The number of hydrogen-bond donors (Lipinski definition) is 7. The van der Waals surface area contributed by atoms with Gasteiger partial charge < -0.3 is 47.5 Å². The number of rotatable bonds is 11. The predicted octanol–water partition coefficient (Wildman–Crippen LogP) is 1.89. The van der Waals surface area contributed by atoms with E-state index >= 15 is 0 Å². The zero-order valence-electron chi connectivity index (χ0n) is 20.3. The zero-order chi connectivity index (χ0) is 26.9. The molecule has 0 aliphatic heterocycles. The maximum atomic E-state index is 11.6. The third-order valence-corrected chi connectivity index (χ3v) is 4.67. The Morgan fingerprint density at radius 2 is 1.53 bits per heavy atom. The Morgan fingerprint density at radius 1 is 1.00 bits per heavy atom. The molecule has 0 saturated heterocycles. The molecule has 0 atom stereocenters. The highest BCUT2D eigenvalue weighted by Crippen LogP contribution is 2.33. The number of anilines is 4. The van der Waals surface area contributed by atoms with E-state index in [2.05, 4.69) is 22.5 Å². The van der Waals surface area contributed by atoms with Crippen molar-refractivity contribution >= 4 is 34.6 Å². The van der Waals surface area contributed by atoms with Crippen LogP contribution in [0.3, 0.4) is 0 Å². The number of nitrogens with two attached hydrogens (primary N) is 3. The minimum absolute atomic E-state index is 0.0265. The van der Waals surface area contributed by atoms with Gasteiger partial charge in [-0.05, 0) is 38.1 Å². The molecule has 0 aliphatic rings. The van der Waals surface area contributed by atoms with Crippen molar-refractivity contribution in [1.29, 1.82) is 0 Å². The number of carboxylic acid groups (broad SMARTS) is 1.